The van der Waals surface area contributed by atoms with Crippen LogP contribution in [0.2, 0.25) is 0 Å². The van der Waals surface area contributed by atoms with Crippen LogP contribution in [0.3, 0.4) is 0 Å². The molecular weight excluding hydrogens is 959 g/mol. The van der Waals surface area contributed by atoms with Crippen molar-refractivity contribution >= 4 is 34.4 Å². The number of benzene rings is 4. The Morgan fingerprint density at radius 1 is 0.615 bits per heavy atom. The van der Waals surface area contributed by atoms with Gasteiger partial charge in [-0.25, -0.2) is 17.6 Å². The van der Waals surface area contributed by atoms with Gasteiger partial charge in [0.25, 0.3) is 11.8 Å². The van der Waals surface area contributed by atoms with E-state index in [-0.39, 0.29) is 42.7 Å². The minimum atomic E-state index is -0.764. The van der Waals surface area contributed by atoms with Crippen molar-refractivity contribution in [1.29, 1.82) is 0 Å². The summed E-state index contributed by atoms with van der Waals surface area (Å²) in [6.45, 7) is 8.81. The molecule has 0 aliphatic carbocycles. The topological polar surface area (TPSA) is 140 Å². The fourth-order valence-electron chi connectivity index (χ4n) is 8.28. The molecule has 0 unspecified atom stereocenters. The number of aromatic nitrogens is 4. The quantitative estimate of drug-likeness (QED) is 0.0822. The maximum atomic E-state index is 14.2. The van der Waals surface area contributed by atoms with Crippen LogP contribution in [0.1, 0.15) is 94.8 Å². The van der Waals surface area contributed by atoms with Gasteiger partial charge in [-0.15, -0.1) is 0 Å². The average Bonchev–Trinajstić information content (AvgIpc) is 3.28. The largest absolute Gasteiger partial charge is 0.502 e. The fraction of sp³-hybridized carbons (Fsp3) is 0.292. The smallest absolute Gasteiger partial charge is 0.276 e. The Kier molecular flexibility index (Phi) is 15.9. The first kappa shape index (κ1) is 48.1. The molecule has 2 atom stereocenters. The summed E-state index contributed by atoms with van der Waals surface area (Å²) in [5.74, 6) is -4.52. The van der Waals surface area contributed by atoms with Crippen molar-refractivity contribution in [3.63, 3.8) is 0 Å². The van der Waals surface area contributed by atoms with Crippen LogP contribution >= 0.6 is 22.6 Å². The number of halogens is 5. The van der Waals surface area contributed by atoms with Gasteiger partial charge in [-0.1, -0.05) is 78.0 Å². The number of ether oxygens (including phenoxy) is 1. The van der Waals surface area contributed by atoms with Crippen molar-refractivity contribution in [2.75, 3.05) is 37.2 Å². The lowest BCUT2D eigenvalue weighted by molar-refractivity contribution is 0.0637. The Labute approximate surface area is 386 Å². The zero-order valence-corrected chi connectivity index (χ0v) is 38.2. The van der Waals surface area contributed by atoms with Gasteiger partial charge in [-0.05, 0) is 96.0 Å². The van der Waals surface area contributed by atoms with Gasteiger partial charge in [0.05, 0.1) is 31.1 Å². The van der Waals surface area contributed by atoms with Crippen LogP contribution in [0.5, 0.6) is 11.5 Å². The molecule has 2 amide bonds. The molecule has 1 N–H and O–H groups in total. The lowest BCUT2D eigenvalue weighted by atomic mass is 9.83. The Morgan fingerprint density at radius 3 is 1.32 bits per heavy atom. The molecule has 8 rings (SSSR count). The number of aromatic hydroxyl groups is 1. The Bertz CT molecular complexity index is 2700. The number of nitrogens with zero attached hydrogens (tertiary/aromatic N) is 6. The van der Waals surface area contributed by atoms with Crippen LogP contribution in [0.15, 0.2) is 119 Å². The molecule has 12 nitrogen and oxygen atoms in total. The van der Waals surface area contributed by atoms with E-state index in [1.807, 2.05) is 6.92 Å². The van der Waals surface area contributed by atoms with Gasteiger partial charge < -0.3 is 19.6 Å². The second-order valence-electron chi connectivity index (χ2n) is 15.0. The summed E-state index contributed by atoms with van der Waals surface area (Å²) in [6.07, 6.45) is 2.06. The minimum Gasteiger partial charge on any atom is -0.502 e. The van der Waals surface area contributed by atoms with E-state index < -0.39 is 69.7 Å². The molecule has 0 saturated carbocycles. The monoisotopic (exact) mass is 1010 g/mol. The minimum absolute atomic E-state index is 0.0512. The molecule has 0 radical (unpaired) electrons. The van der Waals surface area contributed by atoms with Gasteiger partial charge in [-0.2, -0.15) is 10.2 Å². The highest BCUT2D eigenvalue weighted by molar-refractivity contribution is 14.1. The molecule has 6 aromatic rings. The Hall–Kier alpha value is -6.37. The molecule has 4 heterocycles. The Morgan fingerprint density at radius 2 is 0.969 bits per heavy atom. The predicted octanol–water partition coefficient (Wildman–Crippen LogP) is 8.29. The van der Waals surface area contributed by atoms with Crippen molar-refractivity contribution in [1.82, 2.24) is 29.4 Å². The number of alkyl halides is 1. The standard InChI is InChI=1S/C24H23F2N3O3.C22H19F2N3O3.C2H5I/c1-3-28-14-19(29-22(24(28)31)23(32-4-2)20(30)13-27-29)21(15-7-5-9-17(25)11-15)16-8-6-10-18(26)12-16;1-2-26-12-17(27-20(22(26)30)21(29)18(28)11-25-27)19(13-5-3-7-15(23)9-13)14-6-4-8-16(24)10-14;1-2-3/h5-13,19,21H,3-4,14H2,1-2H3;3-11,17,19,29H,2,12H2,1H3;2H2,1H3/t19-;17-;/m11./s1. The summed E-state index contributed by atoms with van der Waals surface area (Å²) in [6, 6.07) is 22.9. The van der Waals surface area contributed by atoms with E-state index in [9.17, 15) is 41.8 Å². The van der Waals surface area contributed by atoms with Crippen molar-refractivity contribution in [2.45, 2.75) is 51.6 Å². The fourth-order valence-corrected chi connectivity index (χ4v) is 8.28. The Balaban J connectivity index is 0.000000204. The molecule has 4 aromatic carbocycles. The zero-order chi connectivity index (χ0) is 46.9. The number of hydrogen-bond acceptors (Lipinski definition) is 8. The molecule has 17 heteroatoms. The van der Waals surface area contributed by atoms with Crippen LogP contribution in [-0.2, 0) is 0 Å². The zero-order valence-electron chi connectivity index (χ0n) is 36.0. The van der Waals surface area contributed by atoms with Gasteiger partial charge in [0.2, 0.25) is 10.9 Å². The van der Waals surface area contributed by atoms with Crippen molar-refractivity contribution in [3.05, 3.63) is 187 Å². The van der Waals surface area contributed by atoms with E-state index in [1.165, 1.54) is 67.2 Å². The highest BCUT2D eigenvalue weighted by Gasteiger charge is 2.41. The van der Waals surface area contributed by atoms with E-state index in [4.69, 9.17) is 4.74 Å². The maximum absolute atomic E-state index is 14.2. The van der Waals surface area contributed by atoms with Gasteiger partial charge in [0.1, 0.15) is 23.3 Å². The van der Waals surface area contributed by atoms with E-state index in [0.717, 1.165) is 12.4 Å². The van der Waals surface area contributed by atoms with Gasteiger partial charge in [0.15, 0.2) is 22.9 Å². The first-order valence-corrected chi connectivity index (χ1v) is 22.5. The van der Waals surface area contributed by atoms with Gasteiger partial charge in [0, 0.05) is 38.0 Å². The predicted molar refractivity (Wildman–Crippen MR) is 245 cm³/mol. The second-order valence-corrected chi connectivity index (χ2v) is 16.5. The first-order valence-electron chi connectivity index (χ1n) is 21.0. The summed E-state index contributed by atoms with van der Waals surface area (Å²) in [7, 11) is 0. The third-order valence-corrected chi connectivity index (χ3v) is 11.0. The number of rotatable bonds is 10. The third kappa shape index (κ3) is 10.5. The number of carbonyl (C=O) groups excluding carboxylic acids is 2. The molecule has 2 aliphatic rings. The maximum Gasteiger partial charge on any atom is 0.276 e. The molecule has 0 fully saturated rings. The molecule has 0 bridgehead atoms. The molecule has 0 saturated heterocycles. The lowest BCUT2D eigenvalue weighted by Crippen LogP contribution is -2.47. The second kappa shape index (κ2) is 21.5. The summed E-state index contributed by atoms with van der Waals surface area (Å²) in [4.78, 5) is 53.5. The number of carbonyl (C=O) groups is 2. The van der Waals surface area contributed by atoms with Gasteiger partial charge >= 0.3 is 0 Å². The van der Waals surface area contributed by atoms with E-state index in [1.54, 1.807) is 67.3 Å². The van der Waals surface area contributed by atoms with Crippen molar-refractivity contribution in [3.8, 4) is 11.5 Å². The molecule has 2 aliphatic heterocycles. The van der Waals surface area contributed by atoms with Crippen LogP contribution < -0.4 is 15.6 Å². The molecule has 65 heavy (non-hydrogen) atoms. The molecule has 340 valence electrons. The van der Waals surface area contributed by atoms with Crippen LogP contribution in [-0.4, -0.2) is 83.5 Å². The SMILES string of the molecule is CCI.CCN1C[C@H](C(c2cccc(F)c2)c2cccc(F)c2)n2ncc(=O)c(O)c2C1=O.CCOc1c2n(ncc1=O)[C@@H](C(c1cccc(F)c1)c1cccc(F)c1)CN(CC)C2=O. The molecular formula is C48H47F4IN6O6. The van der Waals surface area contributed by atoms with E-state index in [0.29, 0.717) is 35.3 Å². The molecule has 2 aromatic heterocycles. The summed E-state index contributed by atoms with van der Waals surface area (Å²) >= 11 is 2.29. The lowest BCUT2D eigenvalue weighted by Gasteiger charge is -2.39. The van der Waals surface area contributed by atoms with Crippen molar-refractivity contribution < 1.29 is 37.0 Å². The van der Waals surface area contributed by atoms with E-state index in [2.05, 4.69) is 39.7 Å². The van der Waals surface area contributed by atoms with Crippen LogP contribution in [0.4, 0.5) is 17.6 Å². The number of likely N-dealkylation sites (N-methyl/N-ethyl adjacent to an activating group) is 2. The summed E-state index contributed by atoms with van der Waals surface area (Å²) in [5, 5.41) is 18.7. The number of hydrogen-bond donors (Lipinski definition) is 1. The number of fused-ring (bicyclic) bond motifs is 2. The summed E-state index contributed by atoms with van der Waals surface area (Å²) in [5.41, 5.74) is 0.902. The van der Waals surface area contributed by atoms with Crippen molar-refractivity contribution in [2.24, 2.45) is 0 Å². The average molecular weight is 1010 g/mol. The van der Waals surface area contributed by atoms with Crippen LogP contribution in [0.25, 0.3) is 0 Å². The number of amides is 2. The summed E-state index contributed by atoms with van der Waals surface area (Å²) < 4.78 is 66.0. The first-order chi connectivity index (χ1) is 31.3. The normalized spacial score (nSPS) is 15.4. The third-order valence-electron chi connectivity index (χ3n) is 11.0. The molecule has 0 spiro atoms. The van der Waals surface area contributed by atoms with E-state index >= 15 is 0 Å². The highest BCUT2D eigenvalue weighted by atomic mass is 127. The van der Waals surface area contributed by atoms with Crippen LogP contribution in [0, 0.1) is 23.3 Å². The van der Waals surface area contributed by atoms with Gasteiger partial charge in [-0.3, -0.25) is 28.5 Å². The highest BCUT2D eigenvalue weighted by Crippen LogP contribution is 2.41.